The molecule has 0 atom stereocenters. The number of carbonyl (C=O) groups excluding carboxylic acids is 1. The summed E-state index contributed by atoms with van der Waals surface area (Å²) in [7, 11) is 0. The summed E-state index contributed by atoms with van der Waals surface area (Å²) in [5.41, 5.74) is 0.873. The maximum atomic E-state index is 11.7. The van der Waals surface area contributed by atoms with E-state index in [0.29, 0.717) is 6.42 Å². The molecular weight excluding hydrogens is 214 g/mol. The van der Waals surface area contributed by atoms with Gasteiger partial charge in [0, 0.05) is 44.8 Å². The highest BCUT2D eigenvalue weighted by molar-refractivity contribution is 5.90. The minimum atomic E-state index is 0.0923. The average Bonchev–Trinajstić information content (AvgIpc) is 2.39. The van der Waals surface area contributed by atoms with Gasteiger partial charge in [-0.3, -0.25) is 4.79 Å². The maximum Gasteiger partial charge on any atom is 0.225 e. The van der Waals surface area contributed by atoms with Gasteiger partial charge in [0.15, 0.2) is 0 Å². The van der Waals surface area contributed by atoms with Crippen molar-refractivity contribution in [1.82, 2.24) is 10.2 Å². The molecule has 1 fully saturated rings. The quantitative estimate of drug-likeness (QED) is 0.813. The number of carbonyl (C=O) groups is 1. The molecule has 1 aliphatic rings. The fraction of sp³-hybridized carbons (Fsp3) is 0.462. The molecule has 2 rings (SSSR count). The molecule has 0 unspecified atom stereocenters. The van der Waals surface area contributed by atoms with E-state index in [0.717, 1.165) is 38.4 Å². The highest BCUT2D eigenvalue weighted by Crippen LogP contribution is 2.05. The van der Waals surface area contributed by atoms with Crippen molar-refractivity contribution >= 4 is 11.6 Å². The summed E-state index contributed by atoms with van der Waals surface area (Å²) in [5, 5.41) is 6.20. The molecule has 0 radical (unpaired) electrons. The minimum Gasteiger partial charge on any atom is -0.326 e. The van der Waals surface area contributed by atoms with Crippen molar-refractivity contribution in [1.29, 1.82) is 0 Å². The third-order valence-electron chi connectivity index (χ3n) is 2.92. The molecule has 17 heavy (non-hydrogen) atoms. The van der Waals surface area contributed by atoms with Crippen LogP contribution in [0, 0.1) is 0 Å². The normalized spacial score (nSPS) is 16.7. The molecule has 1 amide bonds. The molecule has 1 aromatic rings. The first kappa shape index (κ1) is 12.1. The number of piperazine rings is 1. The molecule has 4 nitrogen and oxygen atoms in total. The van der Waals surface area contributed by atoms with Crippen LogP contribution in [-0.2, 0) is 4.79 Å². The number of nitrogens with zero attached hydrogens (tertiary/aromatic N) is 1. The summed E-state index contributed by atoms with van der Waals surface area (Å²) in [6.45, 7) is 4.98. The number of anilines is 1. The van der Waals surface area contributed by atoms with Crippen LogP contribution in [0.5, 0.6) is 0 Å². The summed E-state index contributed by atoms with van der Waals surface area (Å²) >= 11 is 0. The van der Waals surface area contributed by atoms with E-state index >= 15 is 0 Å². The van der Waals surface area contributed by atoms with Crippen LogP contribution in [0.4, 0.5) is 5.69 Å². The highest BCUT2D eigenvalue weighted by atomic mass is 16.1. The van der Waals surface area contributed by atoms with Crippen molar-refractivity contribution in [3.8, 4) is 0 Å². The SMILES string of the molecule is O=C(CCN1CCNCC1)Nc1ccccc1. The third kappa shape index (κ3) is 4.17. The Kier molecular flexibility index (Phi) is 4.53. The number of rotatable bonds is 4. The molecule has 1 saturated heterocycles. The number of amides is 1. The van der Waals surface area contributed by atoms with Crippen LogP contribution in [0.3, 0.4) is 0 Å². The zero-order chi connectivity index (χ0) is 11.9. The molecule has 0 saturated carbocycles. The standard InChI is InChI=1S/C13H19N3O/c17-13(15-12-4-2-1-3-5-12)6-9-16-10-7-14-8-11-16/h1-5,14H,6-11H2,(H,15,17). The predicted molar refractivity (Wildman–Crippen MR) is 69.0 cm³/mol. The van der Waals surface area contributed by atoms with Gasteiger partial charge in [-0.25, -0.2) is 0 Å². The van der Waals surface area contributed by atoms with Gasteiger partial charge < -0.3 is 15.5 Å². The van der Waals surface area contributed by atoms with Gasteiger partial charge in [0.2, 0.25) is 5.91 Å². The van der Waals surface area contributed by atoms with Crippen molar-refractivity contribution in [3.05, 3.63) is 30.3 Å². The molecule has 2 N–H and O–H groups in total. The van der Waals surface area contributed by atoms with Gasteiger partial charge in [-0.1, -0.05) is 18.2 Å². The van der Waals surface area contributed by atoms with Crippen LogP contribution in [0.25, 0.3) is 0 Å². The van der Waals surface area contributed by atoms with Crippen LogP contribution < -0.4 is 10.6 Å². The average molecular weight is 233 g/mol. The Bertz CT molecular complexity index is 347. The molecule has 0 aromatic heterocycles. The van der Waals surface area contributed by atoms with Crippen LogP contribution in [-0.4, -0.2) is 43.5 Å². The third-order valence-corrected chi connectivity index (χ3v) is 2.92. The van der Waals surface area contributed by atoms with Gasteiger partial charge in [0.25, 0.3) is 0 Å². The number of nitrogens with one attached hydrogen (secondary N) is 2. The van der Waals surface area contributed by atoms with Crippen LogP contribution >= 0.6 is 0 Å². The zero-order valence-electron chi connectivity index (χ0n) is 9.98. The topological polar surface area (TPSA) is 44.4 Å². The van der Waals surface area contributed by atoms with E-state index in [1.165, 1.54) is 0 Å². The second kappa shape index (κ2) is 6.37. The lowest BCUT2D eigenvalue weighted by Crippen LogP contribution is -2.44. The second-order valence-corrected chi connectivity index (χ2v) is 4.26. The molecule has 4 heteroatoms. The first-order valence-corrected chi connectivity index (χ1v) is 6.12. The predicted octanol–water partition coefficient (Wildman–Crippen LogP) is 0.920. The largest absolute Gasteiger partial charge is 0.326 e. The number of hydrogen-bond acceptors (Lipinski definition) is 3. The van der Waals surface area contributed by atoms with Crippen molar-refractivity contribution < 1.29 is 4.79 Å². The monoisotopic (exact) mass is 233 g/mol. The lowest BCUT2D eigenvalue weighted by molar-refractivity contribution is -0.116. The summed E-state index contributed by atoms with van der Waals surface area (Å²) in [6.07, 6.45) is 0.564. The van der Waals surface area contributed by atoms with E-state index < -0.39 is 0 Å². The number of hydrogen-bond donors (Lipinski definition) is 2. The lowest BCUT2D eigenvalue weighted by atomic mass is 10.3. The first-order valence-electron chi connectivity index (χ1n) is 6.12. The Morgan fingerprint density at radius 3 is 2.65 bits per heavy atom. The van der Waals surface area contributed by atoms with Gasteiger partial charge in [0.05, 0.1) is 0 Å². The van der Waals surface area contributed by atoms with Gasteiger partial charge in [-0.05, 0) is 12.1 Å². The summed E-state index contributed by atoms with van der Waals surface area (Å²) in [4.78, 5) is 14.0. The molecule has 0 spiro atoms. The molecule has 1 aromatic carbocycles. The number of para-hydroxylation sites is 1. The summed E-state index contributed by atoms with van der Waals surface area (Å²) in [6, 6.07) is 9.60. The summed E-state index contributed by atoms with van der Waals surface area (Å²) < 4.78 is 0. The lowest BCUT2D eigenvalue weighted by Gasteiger charge is -2.26. The summed E-state index contributed by atoms with van der Waals surface area (Å²) in [5.74, 6) is 0.0923. The number of benzene rings is 1. The van der Waals surface area contributed by atoms with E-state index in [-0.39, 0.29) is 5.91 Å². The Morgan fingerprint density at radius 2 is 1.94 bits per heavy atom. The van der Waals surface area contributed by atoms with E-state index in [2.05, 4.69) is 15.5 Å². The molecular formula is C13H19N3O. The van der Waals surface area contributed by atoms with Gasteiger partial charge in [-0.2, -0.15) is 0 Å². The minimum absolute atomic E-state index is 0.0923. The van der Waals surface area contributed by atoms with Gasteiger partial charge in [0.1, 0.15) is 0 Å². The van der Waals surface area contributed by atoms with E-state index in [4.69, 9.17) is 0 Å². The fourth-order valence-electron chi connectivity index (χ4n) is 1.94. The Balaban J connectivity index is 1.70. The van der Waals surface area contributed by atoms with Crippen molar-refractivity contribution in [2.24, 2.45) is 0 Å². The van der Waals surface area contributed by atoms with Crippen LogP contribution in [0.2, 0.25) is 0 Å². The van der Waals surface area contributed by atoms with Crippen molar-refractivity contribution in [2.45, 2.75) is 6.42 Å². The van der Waals surface area contributed by atoms with Crippen molar-refractivity contribution in [3.63, 3.8) is 0 Å². The van der Waals surface area contributed by atoms with Crippen LogP contribution in [0.15, 0.2) is 30.3 Å². The fourth-order valence-corrected chi connectivity index (χ4v) is 1.94. The molecule has 0 aliphatic carbocycles. The van der Waals surface area contributed by atoms with Gasteiger partial charge >= 0.3 is 0 Å². The smallest absolute Gasteiger partial charge is 0.225 e. The van der Waals surface area contributed by atoms with Gasteiger partial charge in [-0.15, -0.1) is 0 Å². The van der Waals surface area contributed by atoms with E-state index in [1.807, 2.05) is 30.3 Å². The second-order valence-electron chi connectivity index (χ2n) is 4.26. The maximum absolute atomic E-state index is 11.7. The van der Waals surface area contributed by atoms with Crippen molar-refractivity contribution in [2.75, 3.05) is 38.0 Å². The molecule has 92 valence electrons. The highest BCUT2D eigenvalue weighted by Gasteiger charge is 2.11. The van der Waals surface area contributed by atoms with E-state index in [1.54, 1.807) is 0 Å². The Hall–Kier alpha value is -1.39. The first-order chi connectivity index (χ1) is 8.34. The van der Waals surface area contributed by atoms with E-state index in [9.17, 15) is 4.79 Å². The zero-order valence-corrected chi connectivity index (χ0v) is 9.98. The molecule has 0 bridgehead atoms. The van der Waals surface area contributed by atoms with Crippen LogP contribution in [0.1, 0.15) is 6.42 Å². The Labute approximate surface area is 102 Å². The molecule has 1 heterocycles. The molecule has 1 aliphatic heterocycles. The Morgan fingerprint density at radius 1 is 1.24 bits per heavy atom.